The van der Waals surface area contributed by atoms with Crippen LogP contribution in [0.5, 0.6) is 0 Å². The fourth-order valence-electron chi connectivity index (χ4n) is 2.23. The minimum atomic E-state index is -0.661. The molecule has 6 heteroatoms. The topological polar surface area (TPSA) is 90.4 Å². The Morgan fingerprint density at radius 2 is 2.20 bits per heavy atom. The zero-order valence-corrected chi connectivity index (χ0v) is 11.5. The van der Waals surface area contributed by atoms with Gasteiger partial charge in [0.15, 0.2) is 0 Å². The van der Waals surface area contributed by atoms with Crippen LogP contribution in [0.4, 0.5) is 15.8 Å². The van der Waals surface area contributed by atoms with Gasteiger partial charge in [0.25, 0.3) is 5.91 Å². The van der Waals surface area contributed by atoms with Crippen LogP contribution >= 0.6 is 0 Å². The Hall–Kier alpha value is -1.82. The predicted octanol–water partition coefficient (Wildman–Crippen LogP) is 1.74. The molecule has 0 bridgehead atoms. The van der Waals surface area contributed by atoms with Gasteiger partial charge >= 0.3 is 0 Å². The molecule has 1 aliphatic rings. The van der Waals surface area contributed by atoms with Gasteiger partial charge < -0.3 is 21.5 Å². The van der Waals surface area contributed by atoms with Crippen LogP contribution in [0.3, 0.4) is 0 Å². The Labute approximate surface area is 117 Å². The molecule has 1 fully saturated rings. The number of carbonyl (C=O) groups excluding carboxylic acids is 1. The van der Waals surface area contributed by atoms with Crippen LogP contribution in [0.15, 0.2) is 12.1 Å². The van der Waals surface area contributed by atoms with Crippen molar-refractivity contribution in [3.63, 3.8) is 0 Å². The van der Waals surface area contributed by atoms with E-state index < -0.39 is 11.7 Å². The number of hydrogen-bond acceptors (Lipinski definition) is 4. The molecular formula is C14H20FN3O2. The second kappa shape index (κ2) is 5.66. The Kier molecular flexibility index (Phi) is 4.13. The molecule has 5 nitrogen and oxygen atoms in total. The molecule has 20 heavy (non-hydrogen) atoms. The number of benzene rings is 1. The first kappa shape index (κ1) is 14.6. The van der Waals surface area contributed by atoms with E-state index in [4.69, 9.17) is 16.2 Å². The standard InChI is InChI=1S/C14H20FN3O2/c1-20-5-4-14(2-3-14)8-18-12-6-9(13(17)19)11(16)7-10(12)15/h6-7,18H,2-5,8,16H2,1H3,(H2,17,19). The van der Waals surface area contributed by atoms with Crippen LogP contribution in [0.25, 0.3) is 0 Å². The first-order valence-corrected chi connectivity index (χ1v) is 6.59. The molecule has 1 amide bonds. The summed E-state index contributed by atoms with van der Waals surface area (Å²) in [5.74, 6) is -1.14. The molecule has 110 valence electrons. The highest BCUT2D eigenvalue weighted by Gasteiger charge is 2.41. The summed E-state index contributed by atoms with van der Waals surface area (Å²) in [6.07, 6.45) is 3.14. The summed E-state index contributed by atoms with van der Waals surface area (Å²) in [5, 5.41) is 3.05. The maximum Gasteiger partial charge on any atom is 0.250 e. The van der Waals surface area contributed by atoms with E-state index in [2.05, 4.69) is 5.32 Å². The van der Waals surface area contributed by atoms with Crippen molar-refractivity contribution in [3.05, 3.63) is 23.5 Å². The largest absolute Gasteiger partial charge is 0.398 e. The maximum atomic E-state index is 13.8. The molecule has 1 saturated carbocycles. The molecular weight excluding hydrogens is 261 g/mol. The van der Waals surface area contributed by atoms with Crippen molar-refractivity contribution in [3.8, 4) is 0 Å². The molecule has 0 unspecified atom stereocenters. The second-order valence-corrected chi connectivity index (χ2v) is 5.38. The van der Waals surface area contributed by atoms with Crippen molar-refractivity contribution in [2.45, 2.75) is 19.3 Å². The third-order valence-corrected chi connectivity index (χ3v) is 3.85. The third kappa shape index (κ3) is 3.19. The van der Waals surface area contributed by atoms with Gasteiger partial charge in [-0.25, -0.2) is 4.39 Å². The van der Waals surface area contributed by atoms with E-state index in [0.717, 1.165) is 25.3 Å². The SMILES string of the molecule is COCCC1(CNc2cc(C(N)=O)c(N)cc2F)CC1. The van der Waals surface area contributed by atoms with Crippen LogP contribution in [-0.2, 0) is 4.74 Å². The number of anilines is 2. The van der Waals surface area contributed by atoms with Gasteiger partial charge in [-0.1, -0.05) is 0 Å². The second-order valence-electron chi connectivity index (χ2n) is 5.38. The number of carbonyl (C=O) groups is 1. The number of primary amides is 1. The number of ether oxygens (including phenoxy) is 1. The molecule has 0 saturated heterocycles. The maximum absolute atomic E-state index is 13.8. The van der Waals surface area contributed by atoms with E-state index in [1.165, 1.54) is 6.07 Å². The minimum Gasteiger partial charge on any atom is -0.398 e. The Morgan fingerprint density at radius 3 is 2.75 bits per heavy atom. The van der Waals surface area contributed by atoms with Crippen molar-refractivity contribution in [2.75, 3.05) is 31.3 Å². The summed E-state index contributed by atoms with van der Waals surface area (Å²) in [6.45, 7) is 1.34. The molecule has 0 heterocycles. The van der Waals surface area contributed by atoms with Gasteiger partial charge in [0.2, 0.25) is 0 Å². The summed E-state index contributed by atoms with van der Waals surface area (Å²) < 4.78 is 18.9. The normalized spacial score (nSPS) is 15.9. The summed E-state index contributed by atoms with van der Waals surface area (Å²) >= 11 is 0. The van der Waals surface area contributed by atoms with Crippen molar-refractivity contribution >= 4 is 17.3 Å². The number of nitrogen functional groups attached to an aromatic ring is 1. The molecule has 2 rings (SSSR count). The van der Waals surface area contributed by atoms with Crippen LogP contribution in [0, 0.1) is 11.2 Å². The molecule has 5 N–H and O–H groups in total. The average molecular weight is 281 g/mol. The Morgan fingerprint density at radius 1 is 1.50 bits per heavy atom. The number of amides is 1. The molecule has 1 aromatic rings. The lowest BCUT2D eigenvalue weighted by molar-refractivity contribution is 0.100. The van der Waals surface area contributed by atoms with E-state index in [1.54, 1.807) is 7.11 Å². The number of methoxy groups -OCH3 is 1. The van der Waals surface area contributed by atoms with Gasteiger partial charge in [0, 0.05) is 25.9 Å². The van der Waals surface area contributed by atoms with E-state index in [9.17, 15) is 9.18 Å². The van der Waals surface area contributed by atoms with E-state index in [0.29, 0.717) is 13.2 Å². The zero-order chi connectivity index (χ0) is 14.8. The fourth-order valence-corrected chi connectivity index (χ4v) is 2.23. The van der Waals surface area contributed by atoms with Crippen molar-refractivity contribution < 1.29 is 13.9 Å². The first-order chi connectivity index (χ1) is 9.47. The van der Waals surface area contributed by atoms with Gasteiger partial charge in [0.1, 0.15) is 5.82 Å². The summed E-state index contributed by atoms with van der Waals surface area (Å²) in [4.78, 5) is 11.2. The highest BCUT2D eigenvalue weighted by Crippen LogP contribution is 2.48. The third-order valence-electron chi connectivity index (χ3n) is 3.85. The molecule has 0 atom stereocenters. The highest BCUT2D eigenvalue weighted by atomic mass is 19.1. The van der Waals surface area contributed by atoms with Crippen molar-refractivity contribution in [1.82, 2.24) is 0 Å². The molecule has 0 radical (unpaired) electrons. The van der Waals surface area contributed by atoms with E-state index in [1.807, 2.05) is 0 Å². The lowest BCUT2D eigenvalue weighted by atomic mass is 10.0. The van der Waals surface area contributed by atoms with Crippen LogP contribution < -0.4 is 16.8 Å². The predicted molar refractivity (Wildman–Crippen MR) is 76.0 cm³/mol. The zero-order valence-electron chi connectivity index (χ0n) is 11.5. The van der Waals surface area contributed by atoms with Crippen LogP contribution in [0.1, 0.15) is 29.6 Å². The minimum absolute atomic E-state index is 0.0565. The smallest absolute Gasteiger partial charge is 0.250 e. The van der Waals surface area contributed by atoms with Crippen LogP contribution in [0.2, 0.25) is 0 Å². The molecule has 0 spiro atoms. The number of halogens is 1. The molecule has 1 aliphatic carbocycles. The molecule has 1 aromatic carbocycles. The van der Waals surface area contributed by atoms with Gasteiger partial charge in [-0.15, -0.1) is 0 Å². The molecule has 0 aliphatic heterocycles. The lowest BCUT2D eigenvalue weighted by Gasteiger charge is -2.17. The van der Waals surface area contributed by atoms with Crippen molar-refractivity contribution in [1.29, 1.82) is 0 Å². The summed E-state index contributed by atoms with van der Waals surface area (Å²) in [6, 6.07) is 2.50. The van der Waals surface area contributed by atoms with E-state index >= 15 is 0 Å². The van der Waals surface area contributed by atoms with Gasteiger partial charge in [-0.2, -0.15) is 0 Å². The van der Waals surface area contributed by atoms with E-state index in [-0.39, 0.29) is 22.4 Å². The lowest BCUT2D eigenvalue weighted by Crippen LogP contribution is -2.19. The monoisotopic (exact) mass is 281 g/mol. The number of rotatable bonds is 7. The Bertz CT molecular complexity index is 515. The summed E-state index contributed by atoms with van der Waals surface area (Å²) in [7, 11) is 1.67. The van der Waals surface area contributed by atoms with Crippen molar-refractivity contribution in [2.24, 2.45) is 11.1 Å². The summed E-state index contributed by atoms with van der Waals surface area (Å²) in [5.41, 5.74) is 11.4. The Balaban J connectivity index is 2.06. The quantitative estimate of drug-likeness (QED) is 0.664. The number of nitrogens with one attached hydrogen (secondary N) is 1. The fraction of sp³-hybridized carbons (Fsp3) is 0.500. The van der Waals surface area contributed by atoms with Gasteiger partial charge in [-0.05, 0) is 36.8 Å². The number of hydrogen-bond donors (Lipinski definition) is 3. The highest BCUT2D eigenvalue weighted by molar-refractivity contribution is 5.99. The average Bonchev–Trinajstić information content (AvgIpc) is 3.15. The van der Waals surface area contributed by atoms with Gasteiger partial charge in [0.05, 0.1) is 11.3 Å². The van der Waals surface area contributed by atoms with Crippen LogP contribution in [-0.4, -0.2) is 26.2 Å². The first-order valence-electron chi connectivity index (χ1n) is 6.59. The van der Waals surface area contributed by atoms with Gasteiger partial charge in [-0.3, -0.25) is 4.79 Å². The molecule has 0 aromatic heterocycles. The number of nitrogens with two attached hydrogens (primary N) is 2.